The van der Waals surface area contributed by atoms with Gasteiger partial charge < -0.3 is 18.8 Å². The highest BCUT2D eigenvalue weighted by molar-refractivity contribution is 9.10. The number of carbonyl (C=O) groups is 2. The number of amides is 2. The molecule has 0 radical (unpaired) electrons. The number of hydrogen-bond donors (Lipinski definition) is 0. The normalized spacial score (nSPS) is 16.5. The number of carbonyl (C=O) groups excluding carboxylic acids is 2. The second kappa shape index (κ2) is 9.38. The predicted octanol–water partition coefficient (Wildman–Crippen LogP) is 5.90. The zero-order valence-corrected chi connectivity index (χ0v) is 21.1. The lowest BCUT2D eigenvalue weighted by Gasteiger charge is -2.14. The van der Waals surface area contributed by atoms with Crippen LogP contribution in [0.2, 0.25) is 0 Å². The van der Waals surface area contributed by atoms with Gasteiger partial charge in [-0.15, -0.1) is 0 Å². The highest BCUT2D eigenvalue weighted by Gasteiger charge is 2.35. The Morgan fingerprint density at radius 3 is 2.79 bits per heavy atom. The van der Waals surface area contributed by atoms with Gasteiger partial charge in [0, 0.05) is 39.7 Å². The van der Waals surface area contributed by atoms with Gasteiger partial charge in [-0.25, -0.2) is 0 Å². The third-order valence-electron chi connectivity index (χ3n) is 5.53. The number of imide groups is 1. The smallest absolute Gasteiger partial charge is 0.293 e. The molecule has 3 heterocycles. The number of halogens is 1. The number of hydrogen-bond acceptors (Lipinski definition) is 6. The van der Waals surface area contributed by atoms with E-state index in [-0.39, 0.29) is 23.9 Å². The maximum Gasteiger partial charge on any atom is 0.293 e. The number of thioether (sulfide) groups is 1. The highest BCUT2D eigenvalue weighted by atomic mass is 79.9. The van der Waals surface area contributed by atoms with Gasteiger partial charge in [0.25, 0.3) is 11.1 Å². The van der Waals surface area contributed by atoms with Crippen molar-refractivity contribution in [2.24, 2.45) is 5.92 Å². The molecule has 0 N–H and O–H groups in total. The molecule has 2 amide bonds. The average Bonchev–Trinajstić information content (AvgIpc) is 3.47. The minimum absolute atomic E-state index is 0.216. The van der Waals surface area contributed by atoms with Crippen molar-refractivity contribution in [1.29, 1.82) is 0 Å². The molecule has 2 aromatic carbocycles. The van der Waals surface area contributed by atoms with E-state index in [1.54, 1.807) is 0 Å². The molecule has 0 atom stereocenters. The van der Waals surface area contributed by atoms with Crippen molar-refractivity contribution in [3.63, 3.8) is 0 Å². The molecule has 0 unspecified atom stereocenters. The van der Waals surface area contributed by atoms with Crippen molar-refractivity contribution in [2.45, 2.75) is 20.4 Å². The Bertz CT molecular complexity index is 1320. The second-order valence-corrected chi connectivity index (χ2v) is 10.4. The van der Waals surface area contributed by atoms with Gasteiger partial charge in [-0.05, 0) is 54.1 Å². The number of rotatable bonds is 7. The Morgan fingerprint density at radius 1 is 1.15 bits per heavy atom. The zero-order chi connectivity index (χ0) is 23.8. The van der Waals surface area contributed by atoms with Crippen molar-refractivity contribution in [3.8, 4) is 17.2 Å². The van der Waals surface area contributed by atoms with Gasteiger partial charge >= 0.3 is 0 Å². The SMILES string of the molecule is CC(C)CN1C(=O)S/C(=C\c2cn(CCOc3ccc4c(c3)OCO4)c3ccc(Br)cc23)C1=O. The minimum Gasteiger partial charge on any atom is -0.492 e. The largest absolute Gasteiger partial charge is 0.492 e. The Morgan fingerprint density at radius 2 is 1.97 bits per heavy atom. The predicted molar refractivity (Wildman–Crippen MR) is 135 cm³/mol. The minimum atomic E-state index is -0.231. The van der Waals surface area contributed by atoms with Gasteiger partial charge in [0.1, 0.15) is 12.4 Å². The summed E-state index contributed by atoms with van der Waals surface area (Å²) >= 11 is 4.54. The number of fused-ring (bicyclic) bond motifs is 2. The van der Waals surface area contributed by atoms with Gasteiger partial charge in [0.05, 0.1) is 11.4 Å². The quantitative estimate of drug-likeness (QED) is 0.346. The van der Waals surface area contributed by atoms with E-state index in [9.17, 15) is 9.59 Å². The molecule has 0 aliphatic carbocycles. The summed E-state index contributed by atoms with van der Waals surface area (Å²) in [6, 6.07) is 11.6. The van der Waals surface area contributed by atoms with E-state index in [4.69, 9.17) is 14.2 Å². The van der Waals surface area contributed by atoms with Crippen molar-refractivity contribution in [2.75, 3.05) is 19.9 Å². The molecule has 0 spiro atoms. The van der Waals surface area contributed by atoms with E-state index in [0.717, 1.165) is 38.5 Å². The molecule has 2 aliphatic heterocycles. The molecular weight excluding hydrogens is 520 g/mol. The van der Waals surface area contributed by atoms with Crippen LogP contribution in [-0.4, -0.2) is 40.6 Å². The van der Waals surface area contributed by atoms with Crippen LogP contribution in [0.25, 0.3) is 17.0 Å². The van der Waals surface area contributed by atoms with E-state index < -0.39 is 0 Å². The summed E-state index contributed by atoms with van der Waals surface area (Å²) in [5, 5.41) is 0.778. The molecule has 1 aromatic heterocycles. The summed E-state index contributed by atoms with van der Waals surface area (Å²) in [6.45, 7) is 5.68. The molecular formula is C25H23BrN2O5S. The third-order valence-corrected chi connectivity index (χ3v) is 6.93. The van der Waals surface area contributed by atoms with Crippen LogP contribution in [0.4, 0.5) is 4.79 Å². The molecule has 0 bridgehead atoms. The van der Waals surface area contributed by atoms with Gasteiger partial charge in [-0.3, -0.25) is 14.5 Å². The van der Waals surface area contributed by atoms with Crippen molar-refractivity contribution >= 4 is 55.8 Å². The van der Waals surface area contributed by atoms with Crippen LogP contribution in [0.3, 0.4) is 0 Å². The van der Waals surface area contributed by atoms with Crippen LogP contribution < -0.4 is 14.2 Å². The first-order chi connectivity index (χ1) is 16.4. The Hall–Kier alpha value is -2.91. The van der Waals surface area contributed by atoms with E-state index >= 15 is 0 Å². The van der Waals surface area contributed by atoms with Crippen LogP contribution in [0.1, 0.15) is 19.4 Å². The fraction of sp³-hybridized carbons (Fsp3) is 0.280. The molecule has 1 saturated heterocycles. The molecule has 2 aliphatic rings. The zero-order valence-electron chi connectivity index (χ0n) is 18.7. The van der Waals surface area contributed by atoms with Crippen LogP contribution in [-0.2, 0) is 11.3 Å². The lowest BCUT2D eigenvalue weighted by atomic mass is 10.1. The van der Waals surface area contributed by atoms with Crippen LogP contribution in [0.5, 0.6) is 17.2 Å². The molecule has 3 aromatic rings. The summed E-state index contributed by atoms with van der Waals surface area (Å²) in [4.78, 5) is 27.0. The third kappa shape index (κ3) is 4.54. The fourth-order valence-electron chi connectivity index (χ4n) is 3.99. The standard InChI is InChI=1S/C25H23BrN2O5S/c1-15(2)12-28-24(29)23(34-25(28)30)9-16-13-27(20-5-3-17(26)10-19(16)20)7-8-31-18-4-6-21-22(11-18)33-14-32-21/h3-6,9-11,13,15H,7-8,12,14H2,1-2H3/b23-9-. The van der Waals surface area contributed by atoms with E-state index in [1.807, 2.05) is 62.5 Å². The molecule has 5 rings (SSSR count). The van der Waals surface area contributed by atoms with E-state index in [1.165, 1.54) is 4.90 Å². The van der Waals surface area contributed by atoms with Gasteiger partial charge in [-0.2, -0.15) is 0 Å². The monoisotopic (exact) mass is 542 g/mol. The maximum absolute atomic E-state index is 12.8. The Kier molecular flexibility index (Phi) is 6.31. The van der Waals surface area contributed by atoms with Crippen LogP contribution in [0.15, 0.2) is 52.0 Å². The lowest BCUT2D eigenvalue weighted by Crippen LogP contribution is -2.31. The number of aromatic nitrogens is 1. The van der Waals surface area contributed by atoms with Crippen molar-refractivity contribution < 1.29 is 23.8 Å². The van der Waals surface area contributed by atoms with Crippen LogP contribution in [0, 0.1) is 5.92 Å². The second-order valence-electron chi connectivity index (χ2n) is 8.49. The van der Waals surface area contributed by atoms with E-state index in [0.29, 0.717) is 36.1 Å². The summed E-state index contributed by atoms with van der Waals surface area (Å²) in [6.07, 6.45) is 3.81. The van der Waals surface area contributed by atoms with Gasteiger partial charge in [-0.1, -0.05) is 29.8 Å². The lowest BCUT2D eigenvalue weighted by molar-refractivity contribution is -0.123. The molecule has 34 heavy (non-hydrogen) atoms. The molecule has 1 fully saturated rings. The topological polar surface area (TPSA) is 70.0 Å². The molecule has 9 heteroatoms. The van der Waals surface area contributed by atoms with Gasteiger partial charge in [0.2, 0.25) is 6.79 Å². The summed E-state index contributed by atoms with van der Waals surface area (Å²) in [5.74, 6) is 2.10. The van der Waals surface area contributed by atoms with Crippen molar-refractivity contribution in [1.82, 2.24) is 9.47 Å². The molecule has 7 nitrogen and oxygen atoms in total. The number of benzene rings is 2. The summed E-state index contributed by atoms with van der Waals surface area (Å²) in [5.41, 5.74) is 1.90. The molecule has 176 valence electrons. The highest BCUT2D eigenvalue weighted by Crippen LogP contribution is 2.36. The first-order valence-corrected chi connectivity index (χ1v) is 12.6. The Labute approximate surface area is 209 Å². The fourth-order valence-corrected chi connectivity index (χ4v) is 5.19. The van der Waals surface area contributed by atoms with Crippen molar-refractivity contribution in [3.05, 3.63) is 57.5 Å². The summed E-state index contributed by atoms with van der Waals surface area (Å²) in [7, 11) is 0. The number of ether oxygens (including phenoxy) is 3. The maximum atomic E-state index is 12.8. The van der Waals surface area contributed by atoms with Gasteiger partial charge in [0.15, 0.2) is 11.5 Å². The average molecular weight is 543 g/mol. The molecule has 0 saturated carbocycles. The van der Waals surface area contributed by atoms with Crippen LogP contribution >= 0.6 is 27.7 Å². The van der Waals surface area contributed by atoms with E-state index in [2.05, 4.69) is 20.5 Å². The first kappa shape index (κ1) is 22.9. The summed E-state index contributed by atoms with van der Waals surface area (Å²) < 4.78 is 19.7. The number of nitrogens with zero attached hydrogens (tertiary/aromatic N) is 2. The first-order valence-electron chi connectivity index (χ1n) is 11.0. The Balaban J connectivity index is 1.37.